The van der Waals surface area contributed by atoms with Crippen LogP contribution in [0.2, 0.25) is 5.02 Å². The lowest BCUT2D eigenvalue weighted by Crippen LogP contribution is -2.38. The van der Waals surface area contributed by atoms with Crippen LogP contribution in [0.3, 0.4) is 0 Å². The molecule has 14 heavy (non-hydrogen) atoms. The summed E-state index contributed by atoms with van der Waals surface area (Å²) in [7, 11) is 3.86. The minimum atomic E-state index is 0.0682. The molecule has 0 aliphatic carbocycles. The average molecular weight is 214 g/mol. The Balaban J connectivity index is 2.83. The minimum Gasteiger partial charge on any atom is -0.329 e. The highest BCUT2D eigenvalue weighted by atomic mass is 35.5. The fourth-order valence-corrected chi connectivity index (χ4v) is 1.59. The maximum Gasteiger partial charge on any atom is 0.0601 e. The standard InChI is InChI=1S/C10H16ClN3/c1-14(2)13-10(7-12)8-5-3-4-6-9(8)11/h3-6,10,13H,7,12H2,1-2H3. The Morgan fingerprint density at radius 3 is 2.57 bits per heavy atom. The van der Waals surface area contributed by atoms with Gasteiger partial charge in [0.25, 0.3) is 0 Å². The Hall–Kier alpha value is -0.610. The molecule has 0 heterocycles. The minimum absolute atomic E-state index is 0.0682. The molecule has 4 heteroatoms. The second-order valence-corrected chi connectivity index (χ2v) is 3.74. The smallest absolute Gasteiger partial charge is 0.0601 e. The molecule has 0 saturated carbocycles. The number of nitrogens with zero attached hydrogens (tertiary/aromatic N) is 1. The molecule has 1 atom stereocenters. The maximum atomic E-state index is 6.07. The number of hydrogen-bond acceptors (Lipinski definition) is 3. The molecule has 1 aromatic carbocycles. The van der Waals surface area contributed by atoms with Crippen molar-refractivity contribution in [2.75, 3.05) is 20.6 Å². The van der Waals surface area contributed by atoms with Gasteiger partial charge in [0, 0.05) is 25.7 Å². The fraction of sp³-hybridized carbons (Fsp3) is 0.400. The number of hydrogen-bond donors (Lipinski definition) is 2. The maximum absolute atomic E-state index is 6.07. The van der Waals surface area contributed by atoms with Crippen LogP contribution in [0, 0.1) is 0 Å². The number of benzene rings is 1. The van der Waals surface area contributed by atoms with E-state index in [9.17, 15) is 0 Å². The van der Waals surface area contributed by atoms with Crippen molar-refractivity contribution in [3.8, 4) is 0 Å². The first kappa shape index (κ1) is 11.5. The largest absolute Gasteiger partial charge is 0.329 e. The monoisotopic (exact) mass is 213 g/mol. The summed E-state index contributed by atoms with van der Waals surface area (Å²) >= 11 is 6.07. The van der Waals surface area contributed by atoms with Crippen molar-refractivity contribution in [1.29, 1.82) is 0 Å². The molecule has 0 saturated heterocycles. The van der Waals surface area contributed by atoms with Gasteiger partial charge in [-0.15, -0.1) is 0 Å². The van der Waals surface area contributed by atoms with E-state index in [0.717, 1.165) is 10.6 Å². The van der Waals surface area contributed by atoms with Crippen molar-refractivity contribution in [3.63, 3.8) is 0 Å². The predicted molar refractivity (Wildman–Crippen MR) is 60.1 cm³/mol. The molecule has 0 amide bonds. The van der Waals surface area contributed by atoms with Crippen molar-refractivity contribution < 1.29 is 0 Å². The molecule has 0 aromatic heterocycles. The van der Waals surface area contributed by atoms with Gasteiger partial charge in [-0.2, -0.15) is 0 Å². The molecule has 0 bridgehead atoms. The zero-order chi connectivity index (χ0) is 10.6. The van der Waals surface area contributed by atoms with Crippen molar-refractivity contribution in [3.05, 3.63) is 34.9 Å². The number of nitrogens with two attached hydrogens (primary N) is 1. The topological polar surface area (TPSA) is 41.3 Å². The van der Waals surface area contributed by atoms with Crippen LogP contribution in [-0.2, 0) is 0 Å². The molecule has 0 fully saturated rings. The van der Waals surface area contributed by atoms with Crippen molar-refractivity contribution in [2.45, 2.75) is 6.04 Å². The van der Waals surface area contributed by atoms with E-state index < -0.39 is 0 Å². The zero-order valence-electron chi connectivity index (χ0n) is 8.50. The first-order valence-corrected chi connectivity index (χ1v) is 4.91. The summed E-state index contributed by atoms with van der Waals surface area (Å²) in [5.74, 6) is 0. The van der Waals surface area contributed by atoms with E-state index in [1.807, 2.05) is 43.4 Å². The highest BCUT2D eigenvalue weighted by Crippen LogP contribution is 2.21. The van der Waals surface area contributed by atoms with Gasteiger partial charge in [0.15, 0.2) is 0 Å². The van der Waals surface area contributed by atoms with Gasteiger partial charge in [-0.1, -0.05) is 29.8 Å². The molecule has 0 spiro atoms. The van der Waals surface area contributed by atoms with Crippen LogP contribution in [0.25, 0.3) is 0 Å². The molecule has 1 rings (SSSR count). The summed E-state index contributed by atoms with van der Waals surface area (Å²) in [6.45, 7) is 0.516. The highest BCUT2D eigenvalue weighted by Gasteiger charge is 2.12. The van der Waals surface area contributed by atoms with Crippen molar-refractivity contribution in [1.82, 2.24) is 10.4 Å². The summed E-state index contributed by atoms with van der Waals surface area (Å²) in [6, 6.07) is 7.79. The number of halogens is 1. The Morgan fingerprint density at radius 2 is 2.07 bits per heavy atom. The first-order valence-electron chi connectivity index (χ1n) is 4.53. The van der Waals surface area contributed by atoms with Crippen molar-refractivity contribution >= 4 is 11.6 Å². The van der Waals surface area contributed by atoms with Gasteiger partial charge in [0.1, 0.15) is 0 Å². The van der Waals surface area contributed by atoms with Gasteiger partial charge in [0.2, 0.25) is 0 Å². The van der Waals surface area contributed by atoms with Crippen LogP contribution in [0.1, 0.15) is 11.6 Å². The average Bonchev–Trinajstić information content (AvgIpc) is 2.15. The lowest BCUT2D eigenvalue weighted by Gasteiger charge is -2.22. The van der Waals surface area contributed by atoms with E-state index in [0.29, 0.717) is 6.54 Å². The van der Waals surface area contributed by atoms with Crippen LogP contribution in [0.5, 0.6) is 0 Å². The molecule has 0 radical (unpaired) electrons. The first-order chi connectivity index (χ1) is 6.65. The summed E-state index contributed by atoms with van der Waals surface area (Å²) in [4.78, 5) is 0. The third-order valence-electron chi connectivity index (χ3n) is 1.93. The Kier molecular flexibility index (Phi) is 4.35. The Morgan fingerprint density at radius 1 is 1.43 bits per heavy atom. The second kappa shape index (κ2) is 5.32. The summed E-state index contributed by atoms with van der Waals surface area (Å²) < 4.78 is 0. The van der Waals surface area contributed by atoms with Crippen molar-refractivity contribution in [2.24, 2.45) is 5.73 Å². The van der Waals surface area contributed by atoms with Gasteiger partial charge in [-0.05, 0) is 11.6 Å². The third-order valence-corrected chi connectivity index (χ3v) is 2.27. The highest BCUT2D eigenvalue weighted by molar-refractivity contribution is 6.31. The molecule has 3 N–H and O–H groups in total. The Bertz CT molecular complexity index is 288. The number of hydrazine groups is 1. The number of rotatable bonds is 4. The Labute approximate surface area is 89.8 Å². The number of nitrogens with one attached hydrogen (secondary N) is 1. The van der Waals surface area contributed by atoms with Gasteiger partial charge in [-0.3, -0.25) is 0 Å². The van der Waals surface area contributed by atoms with Gasteiger partial charge in [-0.25, -0.2) is 10.4 Å². The van der Waals surface area contributed by atoms with E-state index in [1.165, 1.54) is 0 Å². The fourth-order valence-electron chi connectivity index (χ4n) is 1.32. The zero-order valence-corrected chi connectivity index (χ0v) is 9.25. The van der Waals surface area contributed by atoms with Gasteiger partial charge >= 0.3 is 0 Å². The van der Waals surface area contributed by atoms with Crippen LogP contribution < -0.4 is 11.2 Å². The summed E-state index contributed by atoms with van der Waals surface area (Å²) in [6.07, 6.45) is 0. The second-order valence-electron chi connectivity index (χ2n) is 3.33. The van der Waals surface area contributed by atoms with Gasteiger partial charge < -0.3 is 5.73 Å². The molecule has 0 aliphatic heterocycles. The van der Waals surface area contributed by atoms with Crippen LogP contribution in [-0.4, -0.2) is 25.6 Å². The summed E-state index contributed by atoms with van der Waals surface area (Å²) in [5, 5.41) is 2.62. The lowest BCUT2D eigenvalue weighted by molar-refractivity contribution is 0.246. The van der Waals surface area contributed by atoms with E-state index in [4.69, 9.17) is 17.3 Å². The molecule has 0 aliphatic rings. The molecular weight excluding hydrogens is 198 g/mol. The third kappa shape index (κ3) is 2.96. The van der Waals surface area contributed by atoms with Crippen LogP contribution >= 0.6 is 11.6 Å². The summed E-state index contributed by atoms with van der Waals surface area (Å²) in [5.41, 5.74) is 9.92. The molecule has 1 aromatic rings. The van der Waals surface area contributed by atoms with Crippen LogP contribution in [0.4, 0.5) is 0 Å². The molecular formula is C10H16ClN3. The van der Waals surface area contributed by atoms with E-state index >= 15 is 0 Å². The molecule has 78 valence electrons. The predicted octanol–water partition coefficient (Wildman–Crippen LogP) is 1.41. The van der Waals surface area contributed by atoms with E-state index in [1.54, 1.807) is 0 Å². The molecule has 3 nitrogen and oxygen atoms in total. The van der Waals surface area contributed by atoms with Gasteiger partial charge in [0.05, 0.1) is 6.04 Å². The SMILES string of the molecule is CN(C)NC(CN)c1ccccc1Cl. The van der Waals surface area contributed by atoms with E-state index in [2.05, 4.69) is 5.43 Å². The quantitative estimate of drug-likeness (QED) is 0.744. The molecule has 1 unspecified atom stereocenters. The normalized spacial score (nSPS) is 13.2. The van der Waals surface area contributed by atoms with Crippen LogP contribution in [0.15, 0.2) is 24.3 Å². The van der Waals surface area contributed by atoms with E-state index in [-0.39, 0.29) is 6.04 Å². The lowest BCUT2D eigenvalue weighted by atomic mass is 10.1.